The summed E-state index contributed by atoms with van der Waals surface area (Å²) in [6.07, 6.45) is 7.98. The Bertz CT molecular complexity index is 1110. The molecule has 0 aliphatic carbocycles. The summed E-state index contributed by atoms with van der Waals surface area (Å²) >= 11 is 5.39. The summed E-state index contributed by atoms with van der Waals surface area (Å²) in [6, 6.07) is 14.0. The number of hydrogen-bond donors (Lipinski definition) is 1. The van der Waals surface area contributed by atoms with Gasteiger partial charge in [0.05, 0.1) is 6.54 Å². The van der Waals surface area contributed by atoms with Crippen molar-refractivity contribution in [3.05, 3.63) is 77.9 Å². The second-order valence-electron chi connectivity index (χ2n) is 7.35. The Hall–Kier alpha value is -3.36. The van der Waals surface area contributed by atoms with Gasteiger partial charge in [0, 0.05) is 49.5 Å². The SMILES string of the molecule is CCOCCCN1C(=O)/C(=C\c2cn(Cc3ccccc3)nc2-c2cccnc2)NC1=S. The van der Waals surface area contributed by atoms with Crippen LogP contribution in [0.1, 0.15) is 24.5 Å². The molecule has 32 heavy (non-hydrogen) atoms. The summed E-state index contributed by atoms with van der Waals surface area (Å²) < 4.78 is 7.25. The third kappa shape index (κ3) is 5.09. The van der Waals surface area contributed by atoms with E-state index >= 15 is 0 Å². The van der Waals surface area contributed by atoms with E-state index in [2.05, 4.69) is 22.4 Å². The van der Waals surface area contributed by atoms with Crippen molar-refractivity contribution in [3.8, 4) is 11.3 Å². The number of rotatable bonds is 9. The van der Waals surface area contributed by atoms with Crippen LogP contribution in [0.2, 0.25) is 0 Å². The molecule has 4 rings (SSSR count). The minimum Gasteiger partial charge on any atom is -0.382 e. The summed E-state index contributed by atoms with van der Waals surface area (Å²) in [5, 5.41) is 8.25. The van der Waals surface area contributed by atoms with E-state index in [1.54, 1.807) is 17.3 Å². The van der Waals surface area contributed by atoms with Crippen molar-refractivity contribution in [2.24, 2.45) is 0 Å². The van der Waals surface area contributed by atoms with Gasteiger partial charge in [-0.1, -0.05) is 30.3 Å². The minimum absolute atomic E-state index is 0.139. The zero-order valence-electron chi connectivity index (χ0n) is 17.9. The van der Waals surface area contributed by atoms with Crippen molar-refractivity contribution in [2.45, 2.75) is 19.9 Å². The van der Waals surface area contributed by atoms with Crippen LogP contribution in [0, 0.1) is 0 Å². The van der Waals surface area contributed by atoms with Gasteiger partial charge < -0.3 is 10.1 Å². The Morgan fingerprint density at radius 1 is 1.19 bits per heavy atom. The molecule has 2 aromatic heterocycles. The molecule has 0 saturated carbocycles. The van der Waals surface area contributed by atoms with Crippen LogP contribution in [0.15, 0.2) is 66.8 Å². The standard InChI is InChI=1S/C24H25N5O2S/c1-2-31-13-7-12-29-23(30)21(26-24(29)32)14-20-17-28(16-18-8-4-3-5-9-18)27-22(20)19-10-6-11-25-15-19/h3-6,8-11,14-15,17H,2,7,12-13,16H2,1H3,(H,26,32)/b21-14+. The van der Waals surface area contributed by atoms with Gasteiger partial charge in [0.25, 0.3) is 5.91 Å². The van der Waals surface area contributed by atoms with Crippen LogP contribution in [0.3, 0.4) is 0 Å². The van der Waals surface area contributed by atoms with Gasteiger partial charge in [0.15, 0.2) is 5.11 Å². The number of hydrogen-bond acceptors (Lipinski definition) is 5. The van der Waals surface area contributed by atoms with E-state index in [0.29, 0.717) is 37.1 Å². The molecule has 1 saturated heterocycles. The molecule has 0 unspecified atom stereocenters. The van der Waals surface area contributed by atoms with Crippen LogP contribution >= 0.6 is 12.2 Å². The Kier molecular flexibility index (Phi) is 7.03. The third-order valence-corrected chi connectivity index (χ3v) is 5.37. The zero-order chi connectivity index (χ0) is 22.3. The summed E-state index contributed by atoms with van der Waals surface area (Å²) in [6.45, 7) is 4.35. The number of ether oxygens (including phenoxy) is 1. The van der Waals surface area contributed by atoms with Gasteiger partial charge in [-0.3, -0.25) is 19.4 Å². The van der Waals surface area contributed by atoms with E-state index in [1.165, 1.54) is 0 Å². The highest BCUT2D eigenvalue weighted by molar-refractivity contribution is 7.80. The van der Waals surface area contributed by atoms with Crippen LogP contribution in [0.5, 0.6) is 0 Å². The lowest BCUT2D eigenvalue weighted by Gasteiger charge is -2.13. The van der Waals surface area contributed by atoms with Crippen LogP contribution in [-0.2, 0) is 16.1 Å². The Balaban J connectivity index is 1.61. The monoisotopic (exact) mass is 447 g/mol. The van der Waals surface area contributed by atoms with Gasteiger partial charge in [-0.15, -0.1) is 0 Å². The van der Waals surface area contributed by atoms with E-state index < -0.39 is 0 Å². The second-order valence-corrected chi connectivity index (χ2v) is 7.74. The summed E-state index contributed by atoms with van der Waals surface area (Å²) in [7, 11) is 0. The topological polar surface area (TPSA) is 72.3 Å². The largest absolute Gasteiger partial charge is 0.382 e. The molecular weight excluding hydrogens is 422 g/mol. The predicted molar refractivity (Wildman–Crippen MR) is 128 cm³/mol. The highest BCUT2D eigenvalue weighted by Gasteiger charge is 2.30. The first-order chi connectivity index (χ1) is 15.7. The van der Waals surface area contributed by atoms with Gasteiger partial charge in [-0.05, 0) is 49.3 Å². The molecule has 8 heteroatoms. The maximum Gasteiger partial charge on any atom is 0.276 e. The molecule has 1 amide bonds. The van der Waals surface area contributed by atoms with Crippen LogP contribution in [-0.4, -0.2) is 50.4 Å². The van der Waals surface area contributed by atoms with Crippen molar-refractivity contribution in [1.29, 1.82) is 0 Å². The molecule has 1 aliphatic heterocycles. The molecule has 0 bridgehead atoms. The van der Waals surface area contributed by atoms with Gasteiger partial charge >= 0.3 is 0 Å². The molecule has 3 heterocycles. The first-order valence-corrected chi connectivity index (χ1v) is 11.0. The smallest absolute Gasteiger partial charge is 0.276 e. The quantitative estimate of drug-likeness (QED) is 0.308. The number of carbonyl (C=O) groups excluding carboxylic acids is 1. The molecule has 0 spiro atoms. The predicted octanol–water partition coefficient (Wildman–Crippen LogP) is 3.48. The van der Waals surface area contributed by atoms with Gasteiger partial charge in [0.2, 0.25) is 0 Å². The Morgan fingerprint density at radius 2 is 2.03 bits per heavy atom. The molecular formula is C24H25N5O2S. The maximum atomic E-state index is 13.0. The fraction of sp³-hybridized carbons (Fsp3) is 0.250. The highest BCUT2D eigenvalue weighted by Crippen LogP contribution is 2.25. The number of aromatic nitrogens is 3. The Labute approximate surface area is 192 Å². The average Bonchev–Trinajstić information content (AvgIpc) is 3.33. The number of nitrogens with zero attached hydrogens (tertiary/aromatic N) is 4. The number of pyridine rings is 1. The Morgan fingerprint density at radius 3 is 2.78 bits per heavy atom. The van der Waals surface area contributed by atoms with Gasteiger partial charge in [0.1, 0.15) is 11.4 Å². The highest BCUT2D eigenvalue weighted by atomic mass is 32.1. The molecule has 1 aromatic carbocycles. The van der Waals surface area contributed by atoms with E-state index in [0.717, 1.165) is 28.8 Å². The summed E-state index contributed by atoms with van der Waals surface area (Å²) in [5.41, 5.74) is 4.05. The average molecular weight is 448 g/mol. The zero-order valence-corrected chi connectivity index (χ0v) is 18.7. The van der Waals surface area contributed by atoms with Gasteiger partial charge in [-0.25, -0.2) is 0 Å². The summed E-state index contributed by atoms with van der Waals surface area (Å²) in [4.78, 5) is 18.8. The van der Waals surface area contributed by atoms with Gasteiger partial charge in [-0.2, -0.15) is 5.10 Å². The normalized spacial score (nSPS) is 14.9. The summed E-state index contributed by atoms with van der Waals surface area (Å²) in [5.74, 6) is -0.139. The van der Waals surface area contributed by atoms with E-state index in [-0.39, 0.29) is 5.91 Å². The number of nitrogens with one attached hydrogen (secondary N) is 1. The fourth-order valence-corrected chi connectivity index (χ4v) is 3.80. The van der Waals surface area contributed by atoms with Crippen LogP contribution in [0.25, 0.3) is 17.3 Å². The molecule has 7 nitrogen and oxygen atoms in total. The molecule has 1 aliphatic rings. The molecule has 0 atom stereocenters. The molecule has 1 fully saturated rings. The van der Waals surface area contributed by atoms with E-state index in [1.807, 2.05) is 54.2 Å². The van der Waals surface area contributed by atoms with Crippen molar-refractivity contribution in [2.75, 3.05) is 19.8 Å². The first-order valence-electron chi connectivity index (χ1n) is 10.6. The van der Waals surface area contributed by atoms with Crippen LogP contribution < -0.4 is 5.32 Å². The molecule has 0 radical (unpaired) electrons. The van der Waals surface area contributed by atoms with Crippen LogP contribution in [0.4, 0.5) is 0 Å². The molecule has 1 N–H and O–H groups in total. The second kappa shape index (κ2) is 10.3. The first kappa shape index (κ1) is 21.9. The van der Waals surface area contributed by atoms with Crippen molar-refractivity contribution < 1.29 is 9.53 Å². The number of carbonyl (C=O) groups is 1. The maximum absolute atomic E-state index is 13.0. The number of thiocarbonyl (C=S) groups is 1. The van der Waals surface area contributed by atoms with Crippen molar-refractivity contribution in [3.63, 3.8) is 0 Å². The van der Waals surface area contributed by atoms with Crippen molar-refractivity contribution in [1.82, 2.24) is 25.0 Å². The lowest BCUT2D eigenvalue weighted by molar-refractivity contribution is -0.122. The van der Waals surface area contributed by atoms with E-state index in [4.69, 9.17) is 22.1 Å². The molecule has 3 aromatic rings. The third-order valence-electron chi connectivity index (χ3n) is 5.05. The lowest BCUT2D eigenvalue weighted by atomic mass is 10.1. The van der Waals surface area contributed by atoms with Crippen molar-refractivity contribution >= 4 is 29.3 Å². The number of amides is 1. The fourth-order valence-electron chi connectivity index (χ4n) is 3.52. The minimum atomic E-state index is -0.139. The van der Waals surface area contributed by atoms with E-state index in [9.17, 15) is 4.79 Å². The lowest BCUT2D eigenvalue weighted by Crippen LogP contribution is -2.32. The number of benzene rings is 1. The molecule has 164 valence electrons.